The summed E-state index contributed by atoms with van der Waals surface area (Å²) < 4.78 is 15.5. The molecule has 32 heavy (non-hydrogen) atoms. The first-order valence-electron chi connectivity index (χ1n) is 9.70. The number of carboxylic acid groups (broad SMARTS) is 1. The maximum Gasteiger partial charge on any atom is 0.364 e. The van der Waals surface area contributed by atoms with Gasteiger partial charge in [0.15, 0.2) is 6.29 Å². The van der Waals surface area contributed by atoms with Crippen molar-refractivity contribution < 1.29 is 69.8 Å². The van der Waals surface area contributed by atoms with Gasteiger partial charge in [0, 0.05) is 13.3 Å². The van der Waals surface area contributed by atoms with E-state index in [2.05, 4.69) is 5.32 Å². The summed E-state index contributed by atoms with van der Waals surface area (Å²) in [6, 6.07) is -1.44. The number of aliphatic carboxylic acids is 1. The van der Waals surface area contributed by atoms with Gasteiger partial charge in [-0.1, -0.05) is 0 Å². The minimum atomic E-state index is -2.86. The van der Waals surface area contributed by atoms with Crippen LogP contribution in [0, 0.1) is 0 Å². The Kier molecular flexibility index (Phi) is 8.88. The van der Waals surface area contributed by atoms with Gasteiger partial charge in [0.05, 0.1) is 25.4 Å². The fraction of sp³-hybridized carbons (Fsp3) is 0.882. The number of carbonyl (C=O) groups is 2. The molecule has 0 bridgehead atoms. The first kappa shape index (κ1) is 26.7. The summed E-state index contributed by atoms with van der Waals surface area (Å²) in [5.41, 5.74) is 0. The first-order chi connectivity index (χ1) is 14.9. The third-order valence-corrected chi connectivity index (χ3v) is 5.35. The van der Waals surface area contributed by atoms with Crippen molar-refractivity contribution >= 4 is 11.9 Å². The van der Waals surface area contributed by atoms with Crippen molar-refractivity contribution in [1.82, 2.24) is 5.32 Å². The molecule has 2 aliphatic rings. The Morgan fingerprint density at radius 1 is 1.16 bits per heavy atom. The van der Waals surface area contributed by atoms with Crippen molar-refractivity contribution in [3.8, 4) is 0 Å². The number of hydrogen-bond acceptors (Lipinski definition) is 13. The number of aliphatic hydroxyl groups excluding tert-OH is 8. The van der Waals surface area contributed by atoms with E-state index in [9.17, 15) is 50.4 Å². The second-order valence-electron chi connectivity index (χ2n) is 7.69. The highest BCUT2D eigenvalue weighted by Crippen LogP contribution is 2.37. The van der Waals surface area contributed by atoms with Crippen LogP contribution < -0.4 is 5.32 Å². The van der Waals surface area contributed by atoms with Gasteiger partial charge < -0.3 is 65.5 Å². The number of carboxylic acids is 1. The normalized spacial score (nSPS) is 42.2. The molecule has 10 N–H and O–H groups in total. The van der Waals surface area contributed by atoms with Crippen LogP contribution in [-0.4, -0.2) is 138 Å². The molecule has 0 spiro atoms. The summed E-state index contributed by atoms with van der Waals surface area (Å²) in [6.07, 6.45) is -17.6. The quantitative estimate of drug-likeness (QED) is 0.158. The summed E-state index contributed by atoms with van der Waals surface area (Å²) >= 11 is 0. The minimum Gasteiger partial charge on any atom is -0.477 e. The third-order valence-electron chi connectivity index (χ3n) is 5.35. The molecule has 186 valence electrons. The number of aliphatic hydroxyl groups is 8. The number of carbonyl (C=O) groups excluding carboxylic acids is 1. The van der Waals surface area contributed by atoms with Crippen LogP contribution in [0.2, 0.25) is 0 Å². The lowest BCUT2D eigenvalue weighted by atomic mass is 9.88. The van der Waals surface area contributed by atoms with Gasteiger partial charge in [0.2, 0.25) is 5.91 Å². The SMILES string of the molecule is CC(=O)N[C@H]1[C@H]([C@H](O)[C@H](O)CO)OC(O[C@H]2[C@@H](O)[C@@H](CO)OC(O)[C@@H]2O)(C(=O)O)C[C@@H]1O. The van der Waals surface area contributed by atoms with Gasteiger partial charge >= 0.3 is 5.97 Å². The molecule has 0 saturated carbocycles. The lowest BCUT2D eigenvalue weighted by Crippen LogP contribution is -2.70. The van der Waals surface area contributed by atoms with E-state index < -0.39 is 98.5 Å². The van der Waals surface area contributed by atoms with Crippen LogP contribution in [0.1, 0.15) is 13.3 Å². The average molecular weight is 471 g/mol. The molecule has 15 nitrogen and oxygen atoms in total. The van der Waals surface area contributed by atoms with Gasteiger partial charge in [-0.15, -0.1) is 0 Å². The summed E-state index contributed by atoms with van der Waals surface area (Å²) in [5.74, 6) is -5.44. The Balaban J connectivity index is 2.42. The molecule has 0 aromatic rings. The largest absolute Gasteiger partial charge is 0.477 e. The van der Waals surface area contributed by atoms with Crippen molar-refractivity contribution in [2.75, 3.05) is 13.2 Å². The van der Waals surface area contributed by atoms with Crippen molar-refractivity contribution in [1.29, 1.82) is 0 Å². The molecule has 11 atom stereocenters. The topological polar surface area (TPSA) is 256 Å². The number of nitrogens with one attached hydrogen (secondary N) is 1. The smallest absolute Gasteiger partial charge is 0.364 e. The summed E-state index contributed by atoms with van der Waals surface area (Å²) in [4.78, 5) is 23.6. The van der Waals surface area contributed by atoms with Crippen LogP contribution in [0.3, 0.4) is 0 Å². The highest BCUT2D eigenvalue weighted by molar-refractivity contribution is 5.76. The van der Waals surface area contributed by atoms with Crippen molar-refractivity contribution in [2.24, 2.45) is 0 Å². The zero-order valence-corrected chi connectivity index (χ0v) is 17.0. The van der Waals surface area contributed by atoms with Crippen LogP contribution in [-0.2, 0) is 23.8 Å². The molecular weight excluding hydrogens is 442 g/mol. The van der Waals surface area contributed by atoms with Crippen LogP contribution in [0.25, 0.3) is 0 Å². The Hall–Kier alpha value is -1.50. The predicted octanol–water partition coefficient (Wildman–Crippen LogP) is -6.05. The van der Waals surface area contributed by atoms with Gasteiger partial charge in [-0.05, 0) is 0 Å². The zero-order chi connectivity index (χ0) is 24.4. The molecule has 2 rings (SSSR count). The predicted molar refractivity (Wildman–Crippen MR) is 97.4 cm³/mol. The first-order valence-corrected chi connectivity index (χ1v) is 9.70. The molecule has 2 heterocycles. The van der Waals surface area contributed by atoms with Crippen LogP contribution >= 0.6 is 0 Å². The molecule has 0 aliphatic carbocycles. The lowest BCUT2D eigenvalue weighted by molar-refractivity contribution is -0.366. The summed E-state index contributed by atoms with van der Waals surface area (Å²) in [5, 5.41) is 91.5. The molecule has 0 radical (unpaired) electrons. The summed E-state index contributed by atoms with van der Waals surface area (Å²) in [6.45, 7) is -0.741. The average Bonchev–Trinajstić information content (AvgIpc) is 2.73. The minimum absolute atomic E-state index is 0.693. The standard InChI is InChI=1S/C17H29NO14/c1-5(21)18-9-6(22)2-17(16(28)29,31-13(9)10(24)7(23)3-19)32-14-11(25)8(4-20)30-15(27)12(14)26/h6-15,19-20,22-27H,2-4H2,1H3,(H,18,21)(H,28,29)/t6-,7+,8+,9+,10+,11-,12+,13+,14-,15?,17?/m0/s1. The van der Waals surface area contributed by atoms with Crippen LogP contribution in [0.15, 0.2) is 0 Å². The maximum atomic E-state index is 12.1. The number of ether oxygens (including phenoxy) is 3. The molecule has 2 saturated heterocycles. The van der Waals surface area contributed by atoms with Gasteiger partial charge in [-0.2, -0.15) is 0 Å². The summed E-state index contributed by atoms with van der Waals surface area (Å²) in [7, 11) is 0. The Bertz CT molecular complexity index is 665. The third kappa shape index (κ3) is 5.35. The van der Waals surface area contributed by atoms with E-state index in [0.29, 0.717) is 0 Å². The fourth-order valence-corrected chi connectivity index (χ4v) is 3.67. The van der Waals surface area contributed by atoms with Crippen molar-refractivity contribution in [2.45, 2.75) is 80.3 Å². The maximum absolute atomic E-state index is 12.1. The van der Waals surface area contributed by atoms with E-state index in [1.165, 1.54) is 0 Å². The molecule has 2 aliphatic heterocycles. The van der Waals surface area contributed by atoms with Crippen LogP contribution in [0.4, 0.5) is 0 Å². The van der Waals surface area contributed by atoms with Crippen molar-refractivity contribution in [3.05, 3.63) is 0 Å². The number of amides is 1. The lowest BCUT2D eigenvalue weighted by Gasteiger charge is -2.49. The number of rotatable bonds is 8. The molecular formula is C17H29NO14. The van der Waals surface area contributed by atoms with E-state index in [4.69, 9.17) is 19.3 Å². The molecule has 2 fully saturated rings. The van der Waals surface area contributed by atoms with Gasteiger partial charge in [0.25, 0.3) is 5.79 Å². The van der Waals surface area contributed by atoms with E-state index >= 15 is 0 Å². The Labute approximate surface area is 181 Å². The fourth-order valence-electron chi connectivity index (χ4n) is 3.67. The van der Waals surface area contributed by atoms with E-state index in [-0.39, 0.29) is 0 Å². The second kappa shape index (κ2) is 10.6. The zero-order valence-electron chi connectivity index (χ0n) is 17.0. The van der Waals surface area contributed by atoms with E-state index in [1.807, 2.05) is 0 Å². The second-order valence-corrected chi connectivity index (χ2v) is 7.69. The van der Waals surface area contributed by atoms with E-state index in [0.717, 1.165) is 6.92 Å². The van der Waals surface area contributed by atoms with Gasteiger partial charge in [0.1, 0.15) is 42.7 Å². The highest BCUT2D eigenvalue weighted by atomic mass is 16.7. The molecule has 1 amide bonds. The molecule has 0 aromatic carbocycles. The van der Waals surface area contributed by atoms with Crippen molar-refractivity contribution in [3.63, 3.8) is 0 Å². The van der Waals surface area contributed by atoms with Crippen LogP contribution in [0.5, 0.6) is 0 Å². The Morgan fingerprint density at radius 2 is 1.78 bits per heavy atom. The molecule has 2 unspecified atom stereocenters. The molecule has 15 heteroatoms. The molecule has 0 aromatic heterocycles. The Morgan fingerprint density at radius 3 is 2.28 bits per heavy atom. The van der Waals surface area contributed by atoms with E-state index in [1.54, 1.807) is 0 Å². The van der Waals surface area contributed by atoms with Gasteiger partial charge in [-0.25, -0.2) is 4.79 Å². The highest BCUT2D eigenvalue weighted by Gasteiger charge is 2.59. The number of hydrogen-bond donors (Lipinski definition) is 10. The monoisotopic (exact) mass is 471 g/mol. The van der Waals surface area contributed by atoms with Gasteiger partial charge in [-0.3, -0.25) is 4.79 Å².